The largest absolute Gasteiger partial charge is 0.380 e. The standard InChI is InChI=1S/C10H18ClNO2/c1-3-14-7-9-5-4-6-12(9)10(13)8(2)11/h8-9H,3-7H2,1-2H3/t8-,9+/m0/s1. The van der Waals surface area contributed by atoms with E-state index >= 15 is 0 Å². The summed E-state index contributed by atoms with van der Waals surface area (Å²) in [7, 11) is 0. The zero-order valence-corrected chi connectivity index (χ0v) is 9.59. The van der Waals surface area contributed by atoms with Crippen molar-refractivity contribution in [2.45, 2.75) is 38.1 Å². The summed E-state index contributed by atoms with van der Waals surface area (Å²) >= 11 is 5.78. The van der Waals surface area contributed by atoms with Crippen molar-refractivity contribution in [2.75, 3.05) is 19.8 Å². The molecule has 2 atom stereocenters. The van der Waals surface area contributed by atoms with E-state index in [1.54, 1.807) is 6.92 Å². The van der Waals surface area contributed by atoms with E-state index in [1.165, 1.54) is 0 Å². The van der Waals surface area contributed by atoms with E-state index in [2.05, 4.69) is 0 Å². The molecule has 0 aromatic carbocycles. The van der Waals surface area contributed by atoms with Crippen molar-refractivity contribution < 1.29 is 9.53 Å². The smallest absolute Gasteiger partial charge is 0.240 e. The van der Waals surface area contributed by atoms with Gasteiger partial charge in [-0.05, 0) is 26.7 Å². The molecule has 0 radical (unpaired) electrons. The molecule has 0 saturated carbocycles. The van der Waals surface area contributed by atoms with Crippen molar-refractivity contribution in [1.29, 1.82) is 0 Å². The number of alkyl halides is 1. The number of hydrogen-bond donors (Lipinski definition) is 0. The van der Waals surface area contributed by atoms with Gasteiger partial charge in [0.25, 0.3) is 0 Å². The van der Waals surface area contributed by atoms with E-state index in [1.807, 2.05) is 11.8 Å². The predicted molar refractivity (Wildman–Crippen MR) is 56.5 cm³/mol. The molecular weight excluding hydrogens is 202 g/mol. The van der Waals surface area contributed by atoms with Crippen LogP contribution in [0.4, 0.5) is 0 Å². The Labute approximate surface area is 90.4 Å². The van der Waals surface area contributed by atoms with Gasteiger partial charge < -0.3 is 9.64 Å². The summed E-state index contributed by atoms with van der Waals surface area (Å²) in [5, 5.41) is -0.419. The third-order valence-electron chi connectivity index (χ3n) is 2.51. The van der Waals surface area contributed by atoms with Crippen LogP contribution in [0.2, 0.25) is 0 Å². The molecule has 4 heteroatoms. The molecule has 14 heavy (non-hydrogen) atoms. The predicted octanol–water partition coefficient (Wildman–Crippen LogP) is 1.64. The number of likely N-dealkylation sites (tertiary alicyclic amines) is 1. The van der Waals surface area contributed by atoms with Crippen LogP contribution in [0, 0.1) is 0 Å². The van der Waals surface area contributed by atoms with Gasteiger partial charge in [-0.15, -0.1) is 11.6 Å². The number of rotatable bonds is 4. The molecule has 1 saturated heterocycles. The highest BCUT2D eigenvalue weighted by Gasteiger charge is 2.30. The summed E-state index contributed by atoms with van der Waals surface area (Å²) < 4.78 is 5.34. The number of carbonyl (C=O) groups is 1. The first-order valence-corrected chi connectivity index (χ1v) is 5.62. The monoisotopic (exact) mass is 219 g/mol. The maximum atomic E-state index is 11.7. The summed E-state index contributed by atoms with van der Waals surface area (Å²) in [5.74, 6) is 0.0360. The maximum absolute atomic E-state index is 11.7. The normalized spacial score (nSPS) is 23.9. The van der Waals surface area contributed by atoms with Crippen molar-refractivity contribution in [3.8, 4) is 0 Å². The van der Waals surface area contributed by atoms with Crippen LogP contribution in [-0.2, 0) is 9.53 Å². The molecule has 82 valence electrons. The molecule has 0 N–H and O–H groups in total. The summed E-state index contributed by atoms with van der Waals surface area (Å²) in [5.41, 5.74) is 0. The lowest BCUT2D eigenvalue weighted by atomic mass is 10.2. The average molecular weight is 220 g/mol. The van der Waals surface area contributed by atoms with Crippen LogP contribution in [-0.4, -0.2) is 42.0 Å². The van der Waals surface area contributed by atoms with Gasteiger partial charge in [0.15, 0.2) is 0 Å². The molecule has 0 spiro atoms. The van der Waals surface area contributed by atoms with Gasteiger partial charge >= 0.3 is 0 Å². The number of amides is 1. The SMILES string of the molecule is CCOC[C@H]1CCCN1C(=O)[C@H](C)Cl. The maximum Gasteiger partial charge on any atom is 0.240 e. The second-order valence-corrected chi connectivity index (χ2v) is 4.26. The van der Waals surface area contributed by atoms with E-state index in [0.717, 1.165) is 19.4 Å². The van der Waals surface area contributed by atoms with E-state index in [0.29, 0.717) is 13.2 Å². The molecule has 1 aliphatic heterocycles. The van der Waals surface area contributed by atoms with Gasteiger partial charge in [0, 0.05) is 13.2 Å². The summed E-state index contributed by atoms with van der Waals surface area (Å²) in [6.45, 7) is 5.86. The number of ether oxygens (including phenoxy) is 1. The Morgan fingerprint density at radius 1 is 1.71 bits per heavy atom. The van der Waals surface area contributed by atoms with Crippen LogP contribution >= 0.6 is 11.6 Å². The van der Waals surface area contributed by atoms with Crippen molar-refractivity contribution in [2.24, 2.45) is 0 Å². The molecule has 0 aromatic heterocycles. The Balaban J connectivity index is 2.46. The first-order valence-electron chi connectivity index (χ1n) is 5.19. The lowest BCUT2D eigenvalue weighted by Gasteiger charge is -2.25. The fourth-order valence-electron chi connectivity index (χ4n) is 1.78. The molecule has 0 aliphatic carbocycles. The molecule has 1 rings (SSSR count). The highest BCUT2D eigenvalue weighted by molar-refractivity contribution is 6.30. The fourth-order valence-corrected chi connectivity index (χ4v) is 1.91. The number of halogens is 1. The minimum Gasteiger partial charge on any atom is -0.380 e. The van der Waals surface area contributed by atoms with Crippen LogP contribution in [0.1, 0.15) is 26.7 Å². The Kier molecular flexibility index (Phi) is 4.69. The zero-order valence-electron chi connectivity index (χ0n) is 8.83. The lowest BCUT2D eigenvalue weighted by Crippen LogP contribution is -2.41. The minimum absolute atomic E-state index is 0.0360. The molecule has 0 bridgehead atoms. The first kappa shape index (κ1) is 11.8. The van der Waals surface area contributed by atoms with Crippen molar-refractivity contribution in [3.63, 3.8) is 0 Å². The van der Waals surface area contributed by atoms with Gasteiger partial charge in [-0.1, -0.05) is 0 Å². The van der Waals surface area contributed by atoms with Crippen LogP contribution in [0.25, 0.3) is 0 Å². The van der Waals surface area contributed by atoms with E-state index in [9.17, 15) is 4.79 Å². The number of hydrogen-bond acceptors (Lipinski definition) is 2. The summed E-state index contributed by atoms with van der Waals surface area (Å²) in [6, 6.07) is 0.239. The van der Waals surface area contributed by atoms with E-state index in [4.69, 9.17) is 16.3 Å². The van der Waals surface area contributed by atoms with E-state index < -0.39 is 5.38 Å². The van der Waals surface area contributed by atoms with Crippen LogP contribution in [0.3, 0.4) is 0 Å². The number of nitrogens with zero attached hydrogens (tertiary/aromatic N) is 1. The zero-order chi connectivity index (χ0) is 10.6. The highest BCUT2D eigenvalue weighted by atomic mass is 35.5. The minimum atomic E-state index is -0.419. The van der Waals surface area contributed by atoms with Gasteiger partial charge in [-0.25, -0.2) is 0 Å². The van der Waals surface area contributed by atoms with Gasteiger partial charge in [0.05, 0.1) is 12.6 Å². The third-order valence-corrected chi connectivity index (χ3v) is 2.70. The third kappa shape index (κ3) is 2.85. The Morgan fingerprint density at radius 3 is 3.00 bits per heavy atom. The van der Waals surface area contributed by atoms with Gasteiger partial charge in [0.1, 0.15) is 5.38 Å². The second-order valence-electron chi connectivity index (χ2n) is 3.60. The van der Waals surface area contributed by atoms with Crippen LogP contribution in [0.15, 0.2) is 0 Å². The second kappa shape index (κ2) is 5.56. The molecule has 1 amide bonds. The molecule has 1 aliphatic rings. The van der Waals surface area contributed by atoms with E-state index in [-0.39, 0.29) is 11.9 Å². The van der Waals surface area contributed by atoms with Gasteiger partial charge in [0.2, 0.25) is 5.91 Å². The van der Waals surface area contributed by atoms with Crippen molar-refractivity contribution in [1.82, 2.24) is 4.90 Å². The summed E-state index contributed by atoms with van der Waals surface area (Å²) in [6.07, 6.45) is 2.10. The van der Waals surface area contributed by atoms with Crippen molar-refractivity contribution in [3.05, 3.63) is 0 Å². The Hall–Kier alpha value is -0.280. The van der Waals surface area contributed by atoms with Crippen molar-refractivity contribution >= 4 is 17.5 Å². The highest BCUT2D eigenvalue weighted by Crippen LogP contribution is 2.19. The summed E-state index contributed by atoms with van der Waals surface area (Å²) in [4.78, 5) is 13.5. The molecule has 3 nitrogen and oxygen atoms in total. The van der Waals surface area contributed by atoms with Gasteiger partial charge in [-0.2, -0.15) is 0 Å². The number of carbonyl (C=O) groups excluding carboxylic acids is 1. The molecule has 1 fully saturated rings. The Bertz CT molecular complexity index is 197. The fraction of sp³-hybridized carbons (Fsp3) is 0.900. The molecule has 1 heterocycles. The average Bonchev–Trinajstić information content (AvgIpc) is 2.61. The van der Waals surface area contributed by atoms with Gasteiger partial charge in [-0.3, -0.25) is 4.79 Å². The quantitative estimate of drug-likeness (QED) is 0.673. The molecule has 0 aromatic rings. The lowest BCUT2D eigenvalue weighted by molar-refractivity contribution is -0.132. The van der Waals surface area contributed by atoms with Crippen LogP contribution in [0.5, 0.6) is 0 Å². The van der Waals surface area contributed by atoms with Crippen LogP contribution < -0.4 is 0 Å². The first-order chi connectivity index (χ1) is 6.66. The molecular formula is C10H18ClNO2. The Morgan fingerprint density at radius 2 is 2.43 bits per heavy atom. The topological polar surface area (TPSA) is 29.5 Å². The molecule has 0 unspecified atom stereocenters.